The summed E-state index contributed by atoms with van der Waals surface area (Å²) in [6.45, 7) is 5.64. The molecule has 0 radical (unpaired) electrons. The fraction of sp³-hybridized carbons (Fsp3) is 0.737. The minimum absolute atomic E-state index is 0.104. The number of nitrogens with one attached hydrogen (secondary N) is 1. The molecule has 0 aromatic carbocycles. The topological polar surface area (TPSA) is 106 Å². The van der Waals surface area contributed by atoms with Gasteiger partial charge in [-0.15, -0.1) is 0 Å². The number of aryl methyl sites for hydroxylation is 1. The summed E-state index contributed by atoms with van der Waals surface area (Å²) in [5.74, 6) is -1.26. The molecule has 1 aromatic rings. The highest BCUT2D eigenvalue weighted by atomic mass is 19.4. The highest BCUT2D eigenvalue weighted by Gasteiger charge is 2.41. The number of aromatic nitrogens is 2. The van der Waals surface area contributed by atoms with Crippen molar-refractivity contribution in [3.63, 3.8) is 0 Å². The van der Waals surface area contributed by atoms with Crippen LogP contribution in [0.3, 0.4) is 0 Å². The zero-order valence-corrected chi connectivity index (χ0v) is 17.6. The van der Waals surface area contributed by atoms with Crippen LogP contribution in [-0.4, -0.2) is 84.4 Å². The number of hydrogen-bond acceptors (Lipinski definition) is 6. The molecular formula is C19H29F3N4O5. The van der Waals surface area contributed by atoms with Crippen LogP contribution in [0.15, 0.2) is 12.4 Å². The summed E-state index contributed by atoms with van der Waals surface area (Å²) in [7, 11) is 3.58. The summed E-state index contributed by atoms with van der Waals surface area (Å²) in [5, 5.41) is 14.3. The van der Waals surface area contributed by atoms with Crippen molar-refractivity contribution in [2.24, 2.45) is 24.8 Å². The van der Waals surface area contributed by atoms with Gasteiger partial charge in [0.1, 0.15) is 0 Å². The molecule has 2 saturated heterocycles. The van der Waals surface area contributed by atoms with E-state index in [0.717, 1.165) is 26.2 Å². The van der Waals surface area contributed by atoms with E-state index in [1.807, 2.05) is 17.9 Å². The Balaban J connectivity index is 0.000000423. The molecule has 0 bridgehead atoms. The second kappa shape index (κ2) is 11.4. The number of carboxylic acid groups (broad SMARTS) is 1. The van der Waals surface area contributed by atoms with Crippen LogP contribution in [0.4, 0.5) is 13.2 Å². The molecule has 3 rings (SSSR count). The van der Waals surface area contributed by atoms with Crippen LogP contribution >= 0.6 is 0 Å². The largest absolute Gasteiger partial charge is 0.490 e. The maximum absolute atomic E-state index is 12.1. The van der Waals surface area contributed by atoms with Gasteiger partial charge in [-0.25, -0.2) is 4.79 Å². The monoisotopic (exact) mass is 450 g/mol. The average molecular weight is 450 g/mol. The van der Waals surface area contributed by atoms with Gasteiger partial charge in [-0.2, -0.15) is 18.3 Å². The maximum atomic E-state index is 12.1. The van der Waals surface area contributed by atoms with Gasteiger partial charge in [0.25, 0.3) is 0 Å². The lowest BCUT2D eigenvalue weighted by atomic mass is 9.81. The average Bonchev–Trinajstić information content (AvgIpc) is 3.28. The van der Waals surface area contributed by atoms with Crippen LogP contribution in [0.2, 0.25) is 0 Å². The molecule has 2 aliphatic rings. The molecule has 1 amide bonds. The van der Waals surface area contributed by atoms with E-state index in [1.165, 1.54) is 5.56 Å². The molecule has 2 N–H and O–H groups in total. The van der Waals surface area contributed by atoms with Gasteiger partial charge < -0.3 is 19.9 Å². The molecule has 31 heavy (non-hydrogen) atoms. The third kappa shape index (κ3) is 8.11. The van der Waals surface area contributed by atoms with Gasteiger partial charge in [0.05, 0.1) is 26.0 Å². The summed E-state index contributed by atoms with van der Waals surface area (Å²) in [6.07, 6.45) is -0.538. The molecule has 2 fully saturated rings. The lowest BCUT2D eigenvalue weighted by Crippen LogP contribution is -2.38. The number of methoxy groups -OCH3 is 1. The molecule has 0 aliphatic carbocycles. The summed E-state index contributed by atoms with van der Waals surface area (Å²) in [5.41, 5.74) is 1.24. The maximum Gasteiger partial charge on any atom is 0.490 e. The van der Waals surface area contributed by atoms with Gasteiger partial charge >= 0.3 is 12.1 Å². The molecule has 3 heterocycles. The third-order valence-electron chi connectivity index (χ3n) is 5.32. The van der Waals surface area contributed by atoms with Crippen molar-refractivity contribution in [3.8, 4) is 0 Å². The summed E-state index contributed by atoms with van der Waals surface area (Å²) >= 11 is 0. The third-order valence-corrected chi connectivity index (χ3v) is 5.32. The van der Waals surface area contributed by atoms with Crippen molar-refractivity contribution < 1.29 is 37.3 Å². The molecule has 9 nitrogen and oxygen atoms in total. The van der Waals surface area contributed by atoms with Crippen LogP contribution in [-0.2, 0) is 32.7 Å². The van der Waals surface area contributed by atoms with Crippen LogP contribution in [0, 0.1) is 17.8 Å². The lowest BCUT2D eigenvalue weighted by Gasteiger charge is -2.32. The van der Waals surface area contributed by atoms with E-state index in [2.05, 4.69) is 21.5 Å². The van der Waals surface area contributed by atoms with E-state index in [1.54, 1.807) is 7.11 Å². The van der Waals surface area contributed by atoms with Crippen molar-refractivity contribution in [1.82, 2.24) is 20.0 Å². The van der Waals surface area contributed by atoms with Gasteiger partial charge in [-0.1, -0.05) is 0 Å². The minimum Gasteiger partial charge on any atom is -0.475 e. The Kier molecular flexibility index (Phi) is 9.26. The molecule has 176 valence electrons. The first kappa shape index (κ1) is 25.1. The summed E-state index contributed by atoms with van der Waals surface area (Å²) < 4.78 is 44.3. The molecule has 1 aromatic heterocycles. The van der Waals surface area contributed by atoms with Crippen LogP contribution < -0.4 is 5.32 Å². The van der Waals surface area contributed by atoms with E-state index in [0.29, 0.717) is 43.9 Å². The number of carbonyl (C=O) groups is 2. The summed E-state index contributed by atoms with van der Waals surface area (Å²) in [6, 6.07) is 0. The van der Waals surface area contributed by atoms with Gasteiger partial charge in [0.2, 0.25) is 5.91 Å². The number of amides is 1. The number of carbonyl (C=O) groups excluding carboxylic acids is 1. The van der Waals surface area contributed by atoms with E-state index in [9.17, 15) is 18.0 Å². The Labute approximate surface area is 178 Å². The van der Waals surface area contributed by atoms with Crippen molar-refractivity contribution in [1.29, 1.82) is 0 Å². The van der Waals surface area contributed by atoms with E-state index in [-0.39, 0.29) is 5.91 Å². The predicted molar refractivity (Wildman–Crippen MR) is 103 cm³/mol. The standard InChI is InChI=1S/C17H28N4O3.C2HF3O2/c1-20-7-13(6-19-20)8-21-9-15-12-24-11-14(16(15)10-21)5-17(22)18-3-4-23-2;3-2(4,5)1(6)7/h6-7,14-16H,3-5,8-12H2,1-2H3,(H,18,22);(H,6,7)/t14-,15-,16+;/m1./s1. The zero-order valence-electron chi connectivity index (χ0n) is 17.6. The number of ether oxygens (including phenoxy) is 2. The first-order valence-corrected chi connectivity index (χ1v) is 9.93. The molecule has 2 aliphatic heterocycles. The highest BCUT2D eigenvalue weighted by Crippen LogP contribution is 2.36. The number of carboxylic acids is 1. The van der Waals surface area contributed by atoms with Crippen LogP contribution in [0.5, 0.6) is 0 Å². The number of nitrogens with zero attached hydrogens (tertiary/aromatic N) is 3. The number of fused-ring (bicyclic) bond motifs is 1. The molecule has 0 spiro atoms. The van der Waals surface area contributed by atoms with Crippen molar-refractivity contribution in [2.75, 3.05) is 46.6 Å². The smallest absolute Gasteiger partial charge is 0.475 e. The molecule has 0 saturated carbocycles. The van der Waals surface area contributed by atoms with Gasteiger partial charge in [0.15, 0.2) is 0 Å². The van der Waals surface area contributed by atoms with Gasteiger partial charge in [0, 0.05) is 58.5 Å². The fourth-order valence-electron chi connectivity index (χ4n) is 3.95. The second-order valence-corrected chi connectivity index (χ2v) is 7.79. The van der Waals surface area contributed by atoms with Crippen molar-refractivity contribution >= 4 is 11.9 Å². The van der Waals surface area contributed by atoms with Crippen LogP contribution in [0.25, 0.3) is 0 Å². The first-order chi connectivity index (χ1) is 14.6. The Bertz CT molecular complexity index is 728. The SMILES string of the molecule is COCCNC(=O)C[C@@H]1COC[C@H]2CN(Cc3cnn(C)c3)C[C@@H]12.O=C(O)C(F)(F)F. The predicted octanol–water partition coefficient (Wildman–Crippen LogP) is 0.901. The fourth-order valence-corrected chi connectivity index (χ4v) is 3.95. The quantitative estimate of drug-likeness (QED) is 0.595. The van der Waals surface area contributed by atoms with Crippen molar-refractivity contribution in [2.45, 2.75) is 19.1 Å². The van der Waals surface area contributed by atoms with E-state index < -0.39 is 12.1 Å². The number of alkyl halides is 3. The minimum atomic E-state index is -5.08. The molecular weight excluding hydrogens is 421 g/mol. The Morgan fingerprint density at radius 2 is 2.06 bits per heavy atom. The normalized spacial score (nSPS) is 23.6. The summed E-state index contributed by atoms with van der Waals surface area (Å²) in [4.78, 5) is 23.5. The molecule has 12 heteroatoms. The zero-order chi connectivity index (χ0) is 23.0. The lowest BCUT2D eigenvalue weighted by molar-refractivity contribution is -0.192. The molecule has 3 atom stereocenters. The van der Waals surface area contributed by atoms with Gasteiger partial charge in [-0.05, 0) is 17.8 Å². The Hall–Kier alpha value is -2.18. The number of halogens is 3. The van der Waals surface area contributed by atoms with E-state index >= 15 is 0 Å². The van der Waals surface area contributed by atoms with Crippen molar-refractivity contribution in [3.05, 3.63) is 18.0 Å². The highest BCUT2D eigenvalue weighted by molar-refractivity contribution is 5.76. The number of rotatable bonds is 7. The molecule has 0 unspecified atom stereocenters. The second-order valence-electron chi connectivity index (χ2n) is 7.79. The Morgan fingerprint density at radius 1 is 1.35 bits per heavy atom. The van der Waals surface area contributed by atoms with Crippen LogP contribution in [0.1, 0.15) is 12.0 Å². The number of hydrogen-bond donors (Lipinski definition) is 2. The Morgan fingerprint density at radius 3 is 2.65 bits per heavy atom. The first-order valence-electron chi connectivity index (χ1n) is 9.93. The van der Waals surface area contributed by atoms with E-state index in [4.69, 9.17) is 19.4 Å². The van der Waals surface area contributed by atoms with Gasteiger partial charge in [-0.3, -0.25) is 14.4 Å². The number of aliphatic carboxylic acids is 1. The number of likely N-dealkylation sites (tertiary alicyclic amines) is 1.